The minimum absolute atomic E-state index is 0.0423. The number of oxime groups is 1. The molecule has 1 aromatic heterocycles. The number of nitrogens with two attached hydrogens (primary N) is 1. The summed E-state index contributed by atoms with van der Waals surface area (Å²) in [5, 5.41) is 13.1. The topological polar surface area (TPSA) is 71.5 Å². The molecule has 1 heterocycles. The van der Waals surface area contributed by atoms with Gasteiger partial charge in [0, 0.05) is 27.0 Å². The molecule has 0 radical (unpaired) electrons. The van der Waals surface area contributed by atoms with Crippen molar-refractivity contribution in [3.05, 3.63) is 57.2 Å². The van der Waals surface area contributed by atoms with E-state index in [4.69, 9.17) is 22.5 Å². The molecule has 20 heavy (non-hydrogen) atoms. The average molecular weight is 373 g/mol. The molecule has 2 aromatic rings. The van der Waals surface area contributed by atoms with Crippen molar-refractivity contribution in [2.45, 2.75) is 10.8 Å². The lowest BCUT2D eigenvalue weighted by atomic mass is 10.1. The minimum Gasteiger partial charge on any atom is -0.409 e. The Morgan fingerprint density at radius 2 is 2.20 bits per heavy atom. The van der Waals surface area contributed by atoms with Crippen molar-refractivity contribution in [2.24, 2.45) is 10.9 Å². The van der Waals surface area contributed by atoms with E-state index in [9.17, 15) is 0 Å². The molecular formula is C13H11BrClN3OS. The van der Waals surface area contributed by atoms with Gasteiger partial charge in [-0.15, -0.1) is 11.8 Å². The lowest BCUT2D eigenvalue weighted by molar-refractivity contribution is 0.318. The van der Waals surface area contributed by atoms with Crippen LogP contribution >= 0.6 is 39.3 Å². The molecule has 0 aliphatic carbocycles. The summed E-state index contributed by atoms with van der Waals surface area (Å²) >= 11 is 11.1. The largest absolute Gasteiger partial charge is 0.409 e. The third-order valence-corrected chi connectivity index (χ3v) is 4.35. The summed E-state index contributed by atoms with van der Waals surface area (Å²) in [7, 11) is 0. The second kappa shape index (κ2) is 6.97. The predicted molar refractivity (Wildman–Crippen MR) is 85.5 cm³/mol. The van der Waals surface area contributed by atoms with E-state index in [1.54, 1.807) is 30.1 Å². The number of hydrogen-bond donors (Lipinski definition) is 2. The van der Waals surface area contributed by atoms with Crippen LogP contribution in [0.5, 0.6) is 0 Å². The van der Waals surface area contributed by atoms with Crippen LogP contribution in [0.15, 0.2) is 51.2 Å². The van der Waals surface area contributed by atoms with Crippen LogP contribution in [0.1, 0.15) is 11.1 Å². The third kappa shape index (κ3) is 3.88. The number of benzene rings is 1. The number of rotatable bonds is 4. The first-order valence-corrected chi connectivity index (χ1v) is 7.76. The van der Waals surface area contributed by atoms with Crippen molar-refractivity contribution in [1.82, 2.24) is 4.98 Å². The van der Waals surface area contributed by atoms with Crippen LogP contribution in [0.3, 0.4) is 0 Å². The van der Waals surface area contributed by atoms with Crippen molar-refractivity contribution >= 4 is 45.1 Å². The maximum Gasteiger partial charge on any atom is 0.170 e. The lowest BCUT2D eigenvalue weighted by Gasteiger charge is -2.06. The van der Waals surface area contributed by atoms with E-state index >= 15 is 0 Å². The summed E-state index contributed by atoms with van der Waals surface area (Å²) in [6.45, 7) is 0. The zero-order chi connectivity index (χ0) is 14.5. The van der Waals surface area contributed by atoms with Gasteiger partial charge in [-0.3, -0.25) is 0 Å². The first-order chi connectivity index (χ1) is 9.60. The van der Waals surface area contributed by atoms with Gasteiger partial charge in [-0.05, 0) is 39.7 Å². The van der Waals surface area contributed by atoms with E-state index in [-0.39, 0.29) is 5.84 Å². The van der Waals surface area contributed by atoms with Gasteiger partial charge in [-0.1, -0.05) is 28.9 Å². The highest BCUT2D eigenvalue weighted by Crippen LogP contribution is 2.26. The van der Waals surface area contributed by atoms with Gasteiger partial charge in [-0.2, -0.15) is 0 Å². The van der Waals surface area contributed by atoms with Crippen molar-refractivity contribution in [3.63, 3.8) is 0 Å². The van der Waals surface area contributed by atoms with Crippen LogP contribution in [0.4, 0.5) is 0 Å². The van der Waals surface area contributed by atoms with E-state index in [0.29, 0.717) is 16.3 Å². The van der Waals surface area contributed by atoms with Crippen molar-refractivity contribution in [2.75, 3.05) is 0 Å². The first kappa shape index (κ1) is 15.2. The third-order valence-electron chi connectivity index (χ3n) is 2.53. The maximum absolute atomic E-state index is 8.63. The van der Waals surface area contributed by atoms with E-state index in [1.165, 1.54) is 0 Å². The Bertz CT molecular complexity index is 634. The molecule has 1 aromatic carbocycles. The second-order valence-corrected chi connectivity index (χ2v) is 6.21. The summed E-state index contributed by atoms with van der Waals surface area (Å²) in [5.41, 5.74) is 7.07. The van der Waals surface area contributed by atoms with Crippen molar-refractivity contribution < 1.29 is 5.21 Å². The minimum atomic E-state index is 0.0423. The quantitative estimate of drug-likeness (QED) is 0.281. The molecule has 0 amide bonds. The van der Waals surface area contributed by atoms with E-state index in [0.717, 1.165) is 15.1 Å². The standard InChI is InChI=1S/C13H11BrClN3OS/c14-10-3-4-12(17-6-10)20-7-9-2-1-8(5-11(9)15)13(16)18-19/h1-6,19H,7H2,(H2,16,18). The SMILES string of the molecule is N/C(=N/O)c1ccc(CSc2ccc(Br)cn2)c(Cl)c1. The Labute approximate surface area is 134 Å². The fraction of sp³-hybridized carbons (Fsp3) is 0.0769. The average Bonchev–Trinajstić information content (AvgIpc) is 2.46. The highest BCUT2D eigenvalue weighted by Gasteiger charge is 2.06. The highest BCUT2D eigenvalue weighted by molar-refractivity contribution is 9.10. The second-order valence-electron chi connectivity index (χ2n) is 3.89. The molecule has 2 rings (SSSR count). The smallest absolute Gasteiger partial charge is 0.170 e. The summed E-state index contributed by atoms with van der Waals surface area (Å²) in [6, 6.07) is 9.20. The summed E-state index contributed by atoms with van der Waals surface area (Å²) in [5.74, 6) is 0.741. The fourth-order valence-corrected chi connectivity index (χ4v) is 2.89. The molecule has 104 valence electrons. The van der Waals surface area contributed by atoms with E-state index in [1.807, 2.05) is 18.2 Å². The summed E-state index contributed by atoms with van der Waals surface area (Å²) in [4.78, 5) is 4.28. The molecule has 0 spiro atoms. The molecule has 0 atom stereocenters. The highest BCUT2D eigenvalue weighted by atomic mass is 79.9. The van der Waals surface area contributed by atoms with Gasteiger partial charge in [0.2, 0.25) is 0 Å². The van der Waals surface area contributed by atoms with Gasteiger partial charge >= 0.3 is 0 Å². The maximum atomic E-state index is 8.63. The number of aromatic nitrogens is 1. The van der Waals surface area contributed by atoms with Crippen LogP contribution in [0.2, 0.25) is 5.02 Å². The Morgan fingerprint density at radius 1 is 1.40 bits per heavy atom. The zero-order valence-electron chi connectivity index (χ0n) is 10.3. The van der Waals surface area contributed by atoms with Gasteiger partial charge in [0.25, 0.3) is 0 Å². The van der Waals surface area contributed by atoms with Crippen molar-refractivity contribution in [3.8, 4) is 0 Å². The van der Waals surface area contributed by atoms with Crippen LogP contribution in [-0.4, -0.2) is 16.0 Å². The van der Waals surface area contributed by atoms with Crippen molar-refractivity contribution in [1.29, 1.82) is 0 Å². The van der Waals surface area contributed by atoms with Crippen LogP contribution in [0, 0.1) is 0 Å². The Balaban J connectivity index is 2.08. The molecule has 0 aliphatic rings. The predicted octanol–water partition coefficient (Wildman–Crippen LogP) is 3.88. The molecule has 3 N–H and O–H groups in total. The number of amidine groups is 1. The molecule has 4 nitrogen and oxygen atoms in total. The molecule has 7 heteroatoms. The fourth-order valence-electron chi connectivity index (χ4n) is 1.48. The number of hydrogen-bond acceptors (Lipinski definition) is 4. The van der Waals surface area contributed by atoms with Crippen LogP contribution < -0.4 is 5.73 Å². The molecule has 0 unspecified atom stereocenters. The molecule has 0 fully saturated rings. The van der Waals surface area contributed by atoms with Gasteiger partial charge < -0.3 is 10.9 Å². The van der Waals surface area contributed by atoms with Crippen LogP contribution in [0.25, 0.3) is 0 Å². The summed E-state index contributed by atoms with van der Waals surface area (Å²) in [6.07, 6.45) is 1.76. The first-order valence-electron chi connectivity index (χ1n) is 5.61. The molecular weight excluding hydrogens is 362 g/mol. The van der Waals surface area contributed by atoms with Gasteiger partial charge in [0.05, 0.1) is 5.03 Å². The Kier molecular flexibility index (Phi) is 5.28. The summed E-state index contributed by atoms with van der Waals surface area (Å²) < 4.78 is 0.947. The molecule has 0 saturated carbocycles. The van der Waals surface area contributed by atoms with E-state index < -0.39 is 0 Å². The lowest BCUT2D eigenvalue weighted by Crippen LogP contribution is -2.12. The molecule has 0 bridgehead atoms. The number of halogens is 2. The number of thioether (sulfide) groups is 1. The van der Waals surface area contributed by atoms with E-state index in [2.05, 4.69) is 26.1 Å². The van der Waals surface area contributed by atoms with Gasteiger partial charge in [-0.25, -0.2) is 4.98 Å². The normalized spacial score (nSPS) is 11.6. The van der Waals surface area contributed by atoms with Crippen LogP contribution in [-0.2, 0) is 5.75 Å². The Hall–Kier alpha value is -1.24. The monoisotopic (exact) mass is 371 g/mol. The number of pyridine rings is 1. The van der Waals surface area contributed by atoms with Gasteiger partial charge in [0.1, 0.15) is 0 Å². The van der Waals surface area contributed by atoms with Gasteiger partial charge in [0.15, 0.2) is 5.84 Å². The molecule has 0 aliphatic heterocycles. The zero-order valence-corrected chi connectivity index (χ0v) is 13.4. The number of nitrogens with zero attached hydrogens (tertiary/aromatic N) is 2. The Morgan fingerprint density at radius 3 is 2.80 bits per heavy atom. The molecule has 0 saturated heterocycles.